The predicted molar refractivity (Wildman–Crippen MR) is 79.0 cm³/mol. The van der Waals surface area contributed by atoms with Gasteiger partial charge in [-0.1, -0.05) is 35.5 Å². The fourth-order valence-electron chi connectivity index (χ4n) is 2.62. The number of benzene rings is 1. The van der Waals surface area contributed by atoms with Gasteiger partial charge in [0.2, 0.25) is 0 Å². The maximum Gasteiger partial charge on any atom is 0.147 e. The van der Waals surface area contributed by atoms with Crippen molar-refractivity contribution < 1.29 is 9.94 Å². The largest absolute Gasteiger partial charge is 0.409 e. The Kier molecular flexibility index (Phi) is 5.38. The second-order valence-corrected chi connectivity index (χ2v) is 5.30. The van der Waals surface area contributed by atoms with Gasteiger partial charge in [0.15, 0.2) is 0 Å². The maximum atomic E-state index is 8.96. The molecule has 2 rings (SSSR count). The number of oxime groups is 1. The third kappa shape index (κ3) is 3.95. The minimum atomic E-state index is -0.112. The molecule has 5 nitrogen and oxygen atoms in total. The molecule has 110 valence electrons. The topological polar surface area (TPSA) is 79.9 Å². The number of nitrogens with one attached hydrogen (secondary N) is 1. The number of hydrogen-bond acceptors (Lipinski definition) is 4. The third-order valence-electron chi connectivity index (χ3n) is 3.77. The molecule has 1 aliphatic heterocycles. The van der Waals surface area contributed by atoms with Crippen LogP contribution in [0.2, 0.25) is 0 Å². The highest BCUT2D eigenvalue weighted by atomic mass is 16.5. The van der Waals surface area contributed by atoms with Gasteiger partial charge in [-0.15, -0.1) is 0 Å². The van der Waals surface area contributed by atoms with Gasteiger partial charge in [-0.25, -0.2) is 0 Å². The van der Waals surface area contributed by atoms with Crippen LogP contribution in [0.3, 0.4) is 0 Å². The van der Waals surface area contributed by atoms with Crippen molar-refractivity contribution in [3.63, 3.8) is 0 Å². The van der Waals surface area contributed by atoms with Crippen molar-refractivity contribution in [2.75, 3.05) is 13.2 Å². The highest BCUT2D eigenvalue weighted by Crippen LogP contribution is 2.18. The molecule has 1 aromatic carbocycles. The lowest BCUT2D eigenvalue weighted by molar-refractivity contribution is 0.0134. The SMILES string of the molecule is CC1CC(NCC(/C(N)=N/O)c2ccccc2)CCO1. The first kappa shape index (κ1) is 14.8. The zero-order valence-corrected chi connectivity index (χ0v) is 11.8. The molecular weight excluding hydrogens is 254 g/mol. The first-order valence-corrected chi connectivity index (χ1v) is 7.08. The number of ether oxygens (including phenoxy) is 1. The molecule has 4 N–H and O–H groups in total. The molecule has 1 fully saturated rings. The summed E-state index contributed by atoms with van der Waals surface area (Å²) >= 11 is 0. The van der Waals surface area contributed by atoms with Crippen LogP contribution in [0, 0.1) is 0 Å². The van der Waals surface area contributed by atoms with Crippen LogP contribution in [0.15, 0.2) is 35.5 Å². The van der Waals surface area contributed by atoms with Crippen LogP contribution in [-0.2, 0) is 4.74 Å². The van der Waals surface area contributed by atoms with Crippen LogP contribution in [0.5, 0.6) is 0 Å². The number of nitrogens with two attached hydrogens (primary N) is 1. The number of rotatable bonds is 5. The molecule has 1 heterocycles. The fraction of sp³-hybridized carbons (Fsp3) is 0.533. The molecule has 0 amide bonds. The quantitative estimate of drug-likeness (QED) is 0.331. The van der Waals surface area contributed by atoms with Crippen molar-refractivity contribution in [1.82, 2.24) is 5.32 Å². The molecule has 1 saturated heterocycles. The fourth-order valence-corrected chi connectivity index (χ4v) is 2.62. The summed E-state index contributed by atoms with van der Waals surface area (Å²) in [5.74, 6) is 0.128. The van der Waals surface area contributed by atoms with Crippen LogP contribution in [0.1, 0.15) is 31.2 Å². The van der Waals surface area contributed by atoms with Gasteiger partial charge in [0.05, 0.1) is 12.0 Å². The summed E-state index contributed by atoms with van der Waals surface area (Å²) in [5.41, 5.74) is 6.88. The number of hydrogen-bond donors (Lipinski definition) is 3. The zero-order chi connectivity index (χ0) is 14.4. The summed E-state index contributed by atoms with van der Waals surface area (Å²) in [5, 5.41) is 15.6. The second kappa shape index (κ2) is 7.26. The Hall–Kier alpha value is -1.59. The van der Waals surface area contributed by atoms with Gasteiger partial charge in [-0.2, -0.15) is 0 Å². The molecular formula is C15H23N3O2. The van der Waals surface area contributed by atoms with E-state index in [1.54, 1.807) is 0 Å². The summed E-state index contributed by atoms with van der Waals surface area (Å²) in [6.07, 6.45) is 2.29. The minimum absolute atomic E-state index is 0.112. The molecule has 1 aromatic rings. The van der Waals surface area contributed by atoms with Crippen LogP contribution in [-0.4, -0.2) is 36.3 Å². The van der Waals surface area contributed by atoms with Crippen LogP contribution >= 0.6 is 0 Å². The van der Waals surface area contributed by atoms with Crippen LogP contribution < -0.4 is 11.1 Å². The Labute approximate surface area is 119 Å². The Bertz CT molecular complexity index is 436. The lowest BCUT2D eigenvalue weighted by Gasteiger charge is -2.29. The van der Waals surface area contributed by atoms with E-state index >= 15 is 0 Å². The molecule has 3 unspecified atom stereocenters. The van der Waals surface area contributed by atoms with Crippen molar-refractivity contribution in [1.29, 1.82) is 0 Å². The van der Waals surface area contributed by atoms with E-state index in [4.69, 9.17) is 15.7 Å². The van der Waals surface area contributed by atoms with Crippen molar-refractivity contribution in [2.24, 2.45) is 10.9 Å². The summed E-state index contributed by atoms with van der Waals surface area (Å²) in [6.45, 7) is 3.54. The van der Waals surface area contributed by atoms with Gasteiger partial charge in [-0.3, -0.25) is 0 Å². The van der Waals surface area contributed by atoms with Gasteiger partial charge in [0.1, 0.15) is 5.84 Å². The van der Waals surface area contributed by atoms with E-state index in [2.05, 4.69) is 17.4 Å². The summed E-state index contributed by atoms with van der Waals surface area (Å²) in [6, 6.07) is 10.3. The molecule has 1 aliphatic rings. The number of nitrogens with zero attached hydrogens (tertiary/aromatic N) is 1. The van der Waals surface area contributed by atoms with Crippen molar-refractivity contribution in [3.8, 4) is 0 Å². The molecule has 0 aromatic heterocycles. The highest BCUT2D eigenvalue weighted by Gasteiger charge is 2.22. The van der Waals surface area contributed by atoms with E-state index in [-0.39, 0.29) is 11.8 Å². The average Bonchev–Trinajstić information content (AvgIpc) is 2.48. The van der Waals surface area contributed by atoms with E-state index in [1.807, 2.05) is 30.3 Å². The lowest BCUT2D eigenvalue weighted by atomic mass is 9.96. The zero-order valence-electron chi connectivity index (χ0n) is 11.8. The Morgan fingerprint density at radius 2 is 2.25 bits per heavy atom. The average molecular weight is 277 g/mol. The predicted octanol–water partition coefficient (Wildman–Crippen LogP) is 1.67. The summed E-state index contributed by atoms with van der Waals surface area (Å²) < 4.78 is 5.54. The monoisotopic (exact) mass is 277 g/mol. The van der Waals surface area contributed by atoms with Gasteiger partial charge in [0, 0.05) is 19.2 Å². The molecule has 20 heavy (non-hydrogen) atoms. The molecule has 3 atom stereocenters. The molecule has 0 bridgehead atoms. The van der Waals surface area contributed by atoms with Crippen molar-refractivity contribution in [2.45, 2.75) is 37.8 Å². The first-order valence-electron chi connectivity index (χ1n) is 7.08. The summed E-state index contributed by atoms with van der Waals surface area (Å²) in [4.78, 5) is 0. The Morgan fingerprint density at radius 3 is 2.90 bits per heavy atom. The summed E-state index contributed by atoms with van der Waals surface area (Å²) in [7, 11) is 0. The van der Waals surface area contributed by atoms with E-state index in [9.17, 15) is 0 Å². The van der Waals surface area contributed by atoms with Gasteiger partial charge < -0.3 is 21.0 Å². The minimum Gasteiger partial charge on any atom is -0.409 e. The van der Waals surface area contributed by atoms with E-state index in [0.717, 1.165) is 25.0 Å². The van der Waals surface area contributed by atoms with Gasteiger partial charge >= 0.3 is 0 Å². The second-order valence-electron chi connectivity index (χ2n) is 5.30. The first-order chi connectivity index (χ1) is 9.70. The van der Waals surface area contributed by atoms with Crippen LogP contribution in [0.4, 0.5) is 0 Å². The Morgan fingerprint density at radius 1 is 1.50 bits per heavy atom. The third-order valence-corrected chi connectivity index (χ3v) is 3.77. The van der Waals surface area contributed by atoms with Crippen LogP contribution in [0.25, 0.3) is 0 Å². The highest BCUT2D eigenvalue weighted by molar-refractivity contribution is 5.87. The molecule has 0 radical (unpaired) electrons. The van der Waals surface area contributed by atoms with Crippen molar-refractivity contribution in [3.05, 3.63) is 35.9 Å². The molecule has 5 heteroatoms. The smallest absolute Gasteiger partial charge is 0.147 e. The normalized spacial score (nSPS) is 25.4. The molecule has 0 spiro atoms. The number of amidine groups is 1. The van der Waals surface area contributed by atoms with E-state index in [1.165, 1.54) is 0 Å². The van der Waals surface area contributed by atoms with Gasteiger partial charge in [0.25, 0.3) is 0 Å². The standard InChI is InChI=1S/C15H23N3O2/c1-11-9-13(7-8-20-11)17-10-14(15(16)18-19)12-5-3-2-4-6-12/h2-6,11,13-14,17,19H,7-10H2,1H3,(H2,16,18). The molecule has 0 saturated carbocycles. The Balaban J connectivity index is 1.98. The van der Waals surface area contributed by atoms with Crippen molar-refractivity contribution >= 4 is 5.84 Å². The van der Waals surface area contributed by atoms with E-state index in [0.29, 0.717) is 18.7 Å². The van der Waals surface area contributed by atoms with Gasteiger partial charge in [-0.05, 0) is 25.3 Å². The maximum absolute atomic E-state index is 8.96. The lowest BCUT2D eigenvalue weighted by Crippen LogP contribution is -2.42. The van der Waals surface area contributed by atoms with E-state index < -0.39 is 0 Å². The molecule has 0 aliphatic carbocycles.